The molecule has 1 aromatic heterocycles. The predicted octanol–water partition coefficient (Wildman–Crippen LogP) is 4.98. The average Bonchev–Trinajstić information content (AvgIpc) is 3.16. The van der Waals surface area contributed by atoms with Crippen LogP contribution in [0, 0.1) is 30.1 Å². The molecule has 5 rings (SSSR count). The zero-order valence-electron chi connectivity index (χ0n) is 16.1. The third kappa shape index (κ3) is 3.27. The molecular weight excluding hydrogens is 360 g/mol. The zero-order valence-corrected chi connectivity index (χ0v) is 16.9. The van der Waals surface area contributed by atoms with Crippen LogP contribution in [0.15, 0.2) is 51.0 Å². The minimum atomic E-state index is -1.54. The second-order valence-electron chi connectivity index (χ2n) is 8.50. The van der Waals surface area contributed by atoms with Crippen LogP contribution < -0.4 is 0 Å². The summed E-state index contributed by atoms with van der Waals surface area (Å²) in [6, 6.07) is 8.92. The molecule has 3 aliphatic rings. The molecule has 1 heterocycles. The molecule has 2 aromatic rings. The Balaban J connectivity index is 1.44. The number of aryl methyl sites for hydroxylation is 1. The van der Waals surface area contributed by atoms with Crippen molar-refractivity contribution in [1.29, 1.82) is 0 Å². The number of hydrogen-bond acceptors (Lipinski definition) is 4. The van der Waals surface area contributed by atoms with Crippen molar-refractivity contribution >= 4 is 16.8 Å². The summed E-state index contributed by atoms with van der Waals surface area (Å²) in [6.07, 6.45) is 5.00. The van der Waals surface area contributed by atoms with Gasteiger partial charge in [0.15, 0.2) is 0 Å². The van der Waals surface area contributed by atoms with Crippen molar-refractivity contribution in [3.63, 3.8) is 0 Å². The summed E-state index contributed by atoms with van der Waals surface area (Å²) in [5, 5.41) is 0.163. The lowest BCUT2D eigenvalue weighted by Crippen LogP contribution is -2.53. The Kier molecular flexibility index (Phi) is 4.75. The van der Waals surface area contributed by atoms with Gasteiger partial charge in [-0.05, 0) is 67.6 Å². The lowest BCUT2D eigenvalue weighted by atomic mass is 9.46. The molecular formula is C22H26O4S. The number of furan rings is 1. The molecule has 0 aliphatic heterocycles. The first-order valence-corrected chi connectivity index (χ1v) is 10.8. The lowest BCUT2D eigenvalue weighted by molar-refractivity contribution is -0.118. The molecule has 0 spiro atoms. The van der Waals surface area contributed by atoms with E-state index in [2.05, 4.69) is 13.8 Å². The van der Waals surface area contributed by atoms with Crippen molar-refractivity contribution in [2.45, 2.75) is 50.0 Å². The minimum absolute atomic E-state index is 0.163. The summed E-state index contributed by atoms with van der Waals surface area (Å²) in [6.45, 7) is 7.07. The molecule has 0 saturated heterocycles. The van der Waals surface area contributed by atoms with Crippen LogP contribution in [0.4, 0.5) is 0 Å². The van der Waals surface area contributed by atoms with E-state index in [1.807, 2.05) is 19.1 Å². The van der Waals surface area contributed by atoms with Crippen LogP contribution in [-0.2, 0) is 15.5 Å². The third-order valence-electron chi connectivity index (χ3n) is 6.68. The first-order valence-electron chi connectivity index (χ1n) is 9.61. The highest BCUT2D eigenvalue weighted by Gasteiger charge is 2.54. The number of hydrogen-bond donors (Lipinski definition) is 0. The number of fused-ring (bicyclic) bond motifs is 2. The molecule has 3 fully saturated rings. The summed E-state index contributed by atoms with van der Waals surface area (Å²) in [7, 11) is -1.54. The monoisotopic (exact) mass is 386 g/mol. The van der Waals surface area contributed by atoms with E-state index in [0.29, 0.717) is 28.8 Å². The van der Waals surface area contributed by atoms with Gasteiger partial charge < -0.3 is 9.15 Å². The van der Waals surface area contributed by atoms with Gasteiger partial charge in [0.25, 0.3) is 0 Å². The molecule has 0 radical (unpaired) electrons. The fourth-order valence-corrected chi connectivity index (χ4v) is 5.87. The molecule has 0 amide bonds. The fourth-order valence-electron chi connectivity index (χ4n) is 4.78. The summed E-state index contributed by atoms with van der Waals surface area (Å²) in [4.78, 5) is 13.2. The van der Waals surface area contributed by atoms with E-state index in [-0.39, 0.29) is 10.7 Å². The van der Waals surface area contributed by atoms with Gasteiger partial charge in [0.2, 0.25) is 5.09 Å². The minimum Gasteiger partial charge on any atom is -0.462 e. The first kappa shape index (κ1) is 18.5. The fraction of sp³-hybridized carbons (Fsp3) is 0.500. The van der Waals surface area contributed by atoms with E-state index in [9.17, 15) is 9.00 Å². The topological polar surface area (TPSA) is 56.5 Å². The maximum atomic E-state index is 12.8. The van der Waals surface area contributed by atoms with Crippen molar-refractivity contribution in [3.05, 3.63) is 47.7 Å². The molecule has 27 heavy (non-hydrogen) atoms. The van der Waals surface area contributed by atoms with Crippen LogP contribution in [-0.4, -0.2) is 16.8 Å². The summed E-state index contributed by atoms with van der Waals surface area (Å²) < 4.78 is 23.8. The second kappa shape index (κ2) is 6.93. The number of carbonyl (C=O) groups is 1. The van der Waals surface area contributed by atoms with Crippen molar-refractivity contribution in [1.82, 2.24) is 0 Å². The summed E-state index contributed by atoms with van der Waals surface area (Å²) in [5.41, 5.74) is 1.71. The molecule has 1 unspecified atom stereocenters. The Labute approximate surface area is 162 Å². The first-order chi connectivity index (χ1) is 12.9. The maximum absolute atomic E-state index is 12.8. The van der Waals surface area contributed by atoms with Crippen LogP contribution in [0.1, 0.15) is 49.0 Å². The number of ether oxygens (including phenoxy) is 1. The maximum Gasteiger partial charge on any atom is 0.342 e. The average molecular weight is 387 g/mol. The standard InChI is InChI=1S/C22H26O4S/c1-14-4-8-17(9-5-14)27(24)21-18(10-11-25-21)20(23)26-13-15-6-7-16-12-19(15)22(16,2)3/h4-5,8-11,15-16,19H,6-7,12-13H2,1-3H3/t15-,16-,19-,27?/m0/s1. The lowest BCUT2D eigenvalue weighted by Gasteiger charge is -2.60. The van der Waals surface area contributed by atoms with Crippen LogP contribution in [0.5, 0.6) is 0 Å². The molecule has 0 N–H and O–H groups in total. The van der Waals surface area contributed by atoms with Gasteiger partial charge in [0.1, 0.15) is 16.4 Å². The smallest absolute Gasteiger partial charge is 0.342 e. The Morgan fingerprint density at radius 2 is 1.96 bits per heavy atom. The van der Waals surface area contributed by atoms with Crippen molar-refractivity contribution in [3.8, 4) is 0 Å². The molecule has 4 nitrogen and oxygen atoms in total. The van der Waals surface area contributed by atoms with Gasteiger partial charge in [-0.1, -0.05) is 31.5 Å². The van der Waals surface area contributed by atoms with E-state index < -0.39 is 16.8 Å². The van der Waals surface area contributed by atoms with E-state index in [1.165, 1.54) is 19.1 Å². The number of esters is 1. The Bertz CT molecular complexity index is 863. The van der Waals surface area contributed by atoms with E-state index >= 15 is 0 Å². The molecule has 2 bridgehead atoms. The largest absolute Gasteiger partial charge is 0.462 e. The van der Waals surface area contributed by atoms with Crippen LogP contribution in [0.3, 0.4) is 0 Å². The quantitative estimate of drug-likeness (QED) is 0.680. The van der Waals surface area contributed by atoms with Crippen molar-refractivity contribution in [2.75, 3.05) is 6.61 Å². The summed E-state index contributed by atoms with van der Waals surface area (Å²) >= 11 is 0. The van der Waals surface area contributed by atoms with Crippen LogP contribution >= 0.6 is 0 Å². The molecule has 5 heteroatoms. The predicted molar refractivity (Wildman–Crippen MR) is 103 cm³/mol. The van der Waals surface area contributed by atoms with Gasteiger partial charge in [-0.2, -0.15) is 0 Å². The van der Waals surface area contributed by atoms with Gasteiger partial charge in [0.05, 0.1) is 12.9 Å². The molecule has 3 saturated carbocycles. The zero-order chi connectivity index (χ0) is 19.2. The highest BCUT2D eigenvalue weighted by atomic mass is 32.2. The molecule has 1 aromatic carbocycles. The van der Waals surface area contributed by atoms with E-state index in [4.69, 9.17) is 9.15 Å². The van der Waals surface area contributed by atoms with Crippen LogP contribution in [0.25, 0.3) is 0 Å². The normalized spacial score (nSPS) is 26.9. The Morgan fingerprint density at radius 3 is 2.63 bits per heavy atom. The second-order valence-corrected chi connectivity index (χ2v) is 9.88. The van der Waals surface area contributed by atoms with Gasteiger partial charge in [0, 0.05) is 4.90 Å². The number of benzene rings is 1. The van der Waals surface area contributed by atoms with Gasteiger partial charge in [-0.3, -0.25) is 0 Å². The van der Waals surface area contributed by atoms with Crippen molar-refractivity contribution in [2.24, 2.45) is 23.2 Å². The van der Waals surface area contributed by atoms with Gasteiger partial charge in [-0.15, -0.1) is 0 Å². The highest BCUT2D eigenvalue weighted by molar-refractivity contribution is 7.85. The third-order valence-corrected chi connectivity index (χ3v) is 8.04. The molecule has 4 atom stereocenters. The van der Waals surface area contributed by atoms with Gasteiger partial charge >= 0.3 is 5.97 Å². The van der Waals surface area contributed by atoms with Gasteiger partial charge in [-0.25, -0.2) is 9.00 Å². The highest BCUT2D eigenvalue weighted by Crippen LogP contribution is 2.61. The SMILES string of the molecule is Cc1ccc(S(=O)c2occc2C(=O)OC[C@@H]2CC[C@H]3C[C@@H]2C3(C)C)cc1. The number of rotatable bonds is 5. The van der Waals surface area contributed by atoms with Crippen molar-refractivity contribution < 1.29 is 18.2 Å². The Morgan fingerprint density at radius 1 is 1.22 bits per heavy atom. The molecule has 144 valence electrons. The summed E-state index contributed by atoms with van der Waals surface area (Å²) in [5.74, 6) is 1.44. The Hall–Kier alpha value is -1.88. The molecule has 3 aliphatic carbocycles. The van der Waals surface area contributed by atoms with Crippen LogP contribution in [0.2, 0.25) is 0 Å². The van der Waals surface area contributed by atoms with E-state index in [1.54, 1.807) is 18.2 Å². The number of carbonyl (C=O) groups excluding carboxylic acids is 1. The van der Waals surface area contributed by atoms with E-state index in [0.717, 1.165) is 17.9 Å².